The summed E-state index contributed by atoms with van der Waals surface area (Å²) in [5.74, 6) is 0. The van der Waals surface area contributed by atoms with Gasteiger partial charge in [-0.05, 0) is 53.7 Å². The van der Waals surface area contributed by atoms with E-state index in [1.165, 1.54) is 33.5 Å². The summed E-state index contributed by atoms with van der Waals surface area (Å²) in [5.41, 5.74) is 1.43. The normalized spacial score (nSPS) is 19.1. The fraction of sp³-hybridized carbons (Fsp3) is 0.455. The van der Waals surface area contributed by atoms with E-state index in [-0.39, 0.29) is 0 Å². The molecule has 1 aliphatic rings. The summed E-state index contributed by atoms with van der Waals surface area (Å²) in [6, 6.07) is 2.64. The van der Waals surface area contributed by atoms with E-state index in [1.54, 1.807) is 11.3 Å². The lowest BCUT2D eigenvalue weighted by molar-refractivity contribution is 0.607. The minimum absolute atomic E-state index is 0.397. The quantitative estimate of drug-likeness (QED) is 0.898. The molecular weight excluding hydrogens is 318 g/mol. The number of aromatic nitrogens is 2. The standard InChI is InChI=1S/C11H12BrN3S2/c1-6-14-15-11(16-6)13-8-3-2-4-9-7(8)5-10(12)17-9/h5,8H,2-4H2,1H3,(H,13,15). The summed E-state index contributed by atoms with van der Waals surface area (Å²) in [6.45, 7) is 1.98. The van der Waals surface area contributed by atoms with E-state index in [1.807, 2.05) is 18.3 Å². The Morgan fingerprint density at radius 3 is 3.06 bits per heavy atom. The van der Waals surface area contributed by atoms with Crippen molar-refractivity contribution in [2.24, 2.45) is 0 Å². The van der Waals surface area contributed by atoms with Gasteiger partial charge in [0.15, 0.2) is 0 Å². The topological polar surface area (TPSA) is 37.8 Å². The van der Waals surface area contributed by atoms with Crippen LogP contribution in [0.15, 0.2) is 9.85 Å². The first-order valence-corrected chi connectivity index (χ1v) is 8.00. The molecule has 0 spiro atoms. The molecule has 3 nitrogen and oxygen atoms in total. The Hall–Kier alpha value is -0.460. The third kappa shape index (κ3) is 2.39. The molecule has 0 aromatic carbocycles. The van der Waals surface area contributed by atoms with E-state index in [0.29, 0.717) is 6.04 Å². The van der Waals surface area contributed by atoms with Crippen molar-refractivity contribution >= 4 is 43.7 Å². The maximum atomic E-state index is 4.14. The van der Waals surface area contributed by atoms with Crippen LogP contribution in [0.1, 0.15) is 34.3 Å². The number of nitrogens with one attached hydrogen (secondary N) is 1. The van der Waals surface area contributed by atoms with Gasteiger partial charge in [-0.25, -0.2) is 0 Å². The molecule has 1 aliphatic carbocycles. The maximum Gasteiger partial charge on any atom is 0.206 e. The third-order valence-corrected chi connectivity index (χ3v) is 5.39. The van der Waals surface area contributed by atoms with Crippen molar-refractivity contribution in [2.45, 2.75) is 32.2 Å². The van der Waals surface area contributed by atoms with Gasteiger partial charge in [0.2, 0.25) is 5.13 Å². The van der Waals surface area contributed by atoms with Crippen LogP contribution < -0.4 is 5.32 Å². The number of anilines is 1. The first kappa shape index (κ1) is 11.6. The molecule has 0 aliphatic heterocycles. The number of nitrogens with zero attached hydrogens (tertiary/aromatic N) is 2. The molecule has 6 heteroatoms. The van der Waals surface area contributed by atoms with Gasteiger partial charge in [-0.3, -0.25) is 0 Å². The number of hydrogen-bond donors (Lipinski definition) is 1. The lowest BCUT2D eigenvalue weighted by Crippen LogP contribution is -2.15. The second-order valence-corrected chi connectivity index (χ2v) is 7.84. The number of aryl methyl sites for hydroxylation is 2. The van der Waals surface area contributed by atoms with E-state index in [0.717, 1.165) is 10.1 Å². The highest BCUT2D eigenvalue weighted by atomic mass is 79.9. The Morgan fingerprint density at radius 2 is 2.29 bits per heavy atom. The summed E-state index contributed by atoms with van der Waals surface area (Å²) < 4.78 is 1.23. The molecule has 2 aromatic heterocycles. The minimum Gasteiger partial charge on any atom is -0.353 e. The van der Waals surface area contributed by atoms with Crippen LogP contribution in [-0.2, 0) is 6.42 Å². The van der Waals surface area contributed by atoms with E-state index < -0.39 is 0 Å². The smallest absolute Gasteiger partial charge is 0.206 e. The van der Waals surface area contributed by atoms with Crippen molar-refractivity contribution in [1.29, 1.82) is 0 Å². The van der Waals surface area contributed by atoms with Crippen LogP contribution in [0.25, 0.3) is 0 Å². The minimum atomic E-state index is 0.397. The average molecular weight is 330 g/mol. The zero-order valence-corrected chi connectivity index (χ0v) is 12.6. The SMILES string of the molecule is Cc1nnc(NC2CCCc3sc(Br)cc32)s1. The van der Waals surface area contributed by atoms with Crippen molar-refractivity contribution in [3.8, 4) is 0 Å². The predicted molar refractivity (Wildman–Crippen MR) is 76.0 cm³/mol. The van der Waals surface area contributed by atoms with Gasteiger partial charge >= 0.3 is 0 Å². The van der Waals surface area contributed by atoms with Crippen LogP contribution in [0, 0.1) is 6.92 Å². The molecule has 0 saturated carbocycles. The predicted octanol–water partition coefficient (Wildman–Crippen LogP) is 4.16. The van der Waals surface area contributed by atoms with Gasteiger partial charge < -0.3 is 5.32 Å². The molecular formula is C11H12BrN3S2. The monoisotopic (exact) mass is 329 g/mol. The molecule has 0 radical (unpaired) electrons. The Balaban J connectivity index is 1.85. The summed E-state index contributed by atoms with van der Waals surface area (Å²) >= 11 is 7.05. The Kier molecular flexibility index (Phi) is 3.19. The summed E-state index contributed by atoms with van der Waals surface area (Å²) in [4.78, 5) is 1.50. The van der Waals surface area contributed by atoms with Crippen LogP contribution in [0.2, 0.25) is 0 Å². The highest BCUT2D eigenvalue weighted by Gasteiger charge is 2.23. The lowest BCUT2D eigenvalue weighted by Gasteiger charge is -2.22. The fourth-order valence-corrected chi connectivity index (χ4v) is 4.64. The first-order valence-electron chi connectivity index (χ1n) is 5.57. The van der Waals surface area contributed by atoms with Crippen molar-refractivity contribution in [3.63, 3.8) is 0 Å². The van der Waals surface area contributed by atoms with Gasteiger partial charge in [0.05, 0.1) is 9.83 Å². The van der Waals surface area contributed by atoms with Gasteiger partial charge in [0, 0.05) is 4.88 Å². The van der Waals surface area contributed by atoms with Crippen molar-refractivity contribution in [3.05, 3.63) is 25.3 Å². The Bertz CT molecular complexity index is 535. The number of halogens is 1. The van der Waals surface area contributed by atoms with Crippen LogP contribution >= 0.6 is 38.6 Å². The van der Waals surface area contributed by atoms with E-state index in [9.17, 15) is 0 Å². The molecule has 1 N–H and O–H groups in total. The van der Waals surface area contributed by atoms with Gasteiger partial charge in [0.25, 0.3) is 0 Å². The van der Waals surface area contributed by atoms with E-state index in [2.05, 4.69) is 37.5 Å². The first-order chi connectivity index (χ1) is 8.22. The van der Waals surface area contributed by atoms with Gasteiger partial charge in [-0.1, -0.05) is 11.3 Å². The highest BCUT2D eigenvalue weighted by molar-refractivity contribution is 9.11. The molecule has 1 unspecified atom stereocenters. The molecule has 0 amide bonds. The van der Waals surface area contributed by atoms with Crippen LogP contribution in [0.4, 0.5) is 5.13 Å². The summed E-state index contributed by atoms with van der Waals surface area (Å²) in [6.07, 6.45) is 3.63. The summed E-state index contributed by atoms with van der Waals surface area (Å²) in [7, 11) is 0. The molecule has 0 bridgehead atoms. The second-order valence-electron chi connectivity index (χ2n) is 4.14. The second kappa shape index (κ2) is 4.66. The molecule has 0 saturated heterocycles. The third-order valence-electron chi connectivity index (χ3n) is 2.91. The number of rotatable bonds is 2. The van der Waals surface area contributed by atoms with Gasteiger partial charge in [0.1, 0.15) is 5.01 Å². The number of fused-ring (bicyclic) bond motifs is 1. The number of thiophene rings is 1. The molecule has 2 aromatic rings. The van der Waals surface area contributed by atoms with Crippen molar-refractivity contribution in [1.82, 2.24) is 10.2 Å². The molecule has 17 heavy (non-hydrogen) atoms. The maximum absolute atomic E-state index is 4.14. The van der Waals surface area contributed by atoms with Gasteiger partial charge in [-0.15, -0.1) is 21.5 Å². The lowest BCUT2D eigenvalue weighted by atomic mass is 9.94. The largest absolute Gasteiger partial charge is 0.353 e. The molecule has 90 valence electrons. The zero-order valence-electron chi connectivity index (χ0n) is 9.36. The Labute approximate surface area is 116 Å². The van der Waals surface area contributed by atoms with Crippen molar-refractivity contribution in [2.75, 3.05) is 5.32 Å². The molecule has 2 heterocycles. The molecule has 0 fully saturated rings. The van der Waals surface area contributed by atoms with Crippen LogP contribution in [-0.4, -0.2) is 10.2 Å². The Morgan fingerprint density at radius 1 is 1.41 bits per heavy atom. The van der Waals surface area contributed by atoms with Gasteiger partial charge in [-0.2, -0.15) is 0 Å². The fourth-order valence-electron chi connectivity index (χ4n) is 2.18. The average Bonchev–Trinajstić information content (AvgIpc) is 2.84. The molecule has 1 atom stereocenters. The molecule has 3 rings (SSSR count). The zero-order chi connectivity index (χ0) is 11.8. The van der Waals surface area contributed by atoms with E-state index in [4.69, 9.17) is 0 Å². The van der Waals surface area contributed by atoms with Crippen LogP contribution in [0.3, 0.4) is 0 Å². The van der Waals surface area contributed by atoms with E-state index >= 15 is 0 Å². The van der Waals surface area contributed by atoms with Crippen molar-refractivity contribution < 1.29 is 0 Å². The summed E-state index contributed by atoms with van der Waals surface area (Å²) in [5, 5.41) is 13.6. The van der Waals surface area contributed by atoms with Crippen LogP contribution in [0.5, 0.6) is 0 Å². The highest BCUT2D eigenvalue weighted by Crippen LogP contribution is 2.39. The number of hydrogen-bond acceptors (Lipinski definition) is 5.